The molecule has 0 aliphatic heterocycles. The van der Waals surface area contributed by atoms with Crippen LogP contribution in [-0.4, -0.2) is 57.2 Å². The highest BCUT2D eigenvalue weighted by molar-refractivity contribution is 7.99. The summed E-state index contributed by atoms with van der Waals surface area (Å²) in [7, 11) is 0. The number of nitrogens with zero attached hydrogens (tertiary/aromatic N) is 4. The first-order valence-electron chi connectivity index (χ1n) is 11.6. The topological polar surface area (TPSA) is 103 Å². The predicted molar refractivity (Wildman–Crippen MR) is 136 cm³/mol. The minimum atomic E-state index is -0.199. The fourth-order valence-electron chi connectivity index (χ4n) is 3.10. The van der Waals surface area contributed by atoms with E-state index in [1.54, 1.807) is 34.8 Å². The number of hydrogen-bond donors (Lipinski definition) is 2. The van der Waals surface area contributed by atoms with E-state index in [0.717, 1.165) is 29.1 Å². The van der Waals surface area contributed by atoms with Gasteiger partial charge in [-0.2, -0.15) is 5.10 Å². The lowest BCUT2D eigenvalue weighted by Gasteiger charge is -2.12. The van der Waals surface area contributed by atoms with Gasteiger partial charge in [-0.3, -0.25) is 4.79 Å². The van der Waals surface area contributed by atoms with Gasteiger partial charge in [-0.05, 0) is 37.1 Å². The first-order chi connectivity index (χ1) is 16.4. The van der Waals surface area contributed by atoms with E-state index in [2.05, 4.69) is 43.4 Å². The summed E-state index contributed by atoms with van der Waals surface area (Å²) >= 11 is 1.61. The largest absolute Gasteiger partial charge is 0.494 e. The molecule has 0 saturated carbocycles. The molecule has 0 atom stereocenters. The zero-order chi connectivity index (χ0) is 24.5. The maximum Gasteiger partial charge on any atom is 0.258 e. The predicted octanol–water partition coefficient (Wildman–Crippen LogP) is 3.99. The van der Waals surface area contributed by atoms with Crippen molar-refractivity contribution in [1.82, 2.24) is 25.1 Å². The van der Waals surface area contributed by atoms with E-state index >= 15 is 0 Å². The average molecular weight is 487 g/mol. The number of ether oxygens (including phenoxy) is 2. The van der Waals surface area contributed by atoms with E-state index in [1.165, 1.54) is 0 Å². The van der Waals surface area contributed by atoms with Crippen molar-refractivity contribution in [3.8, 4) is 11.5 Å². The van der Waals surface area contributed by atoms with Crippen molar-refractivity contribution >= 4 is 34.5 Å². The Morgan fingerprint density at radius 2 is 1.79 bits per heavy atom. The standard InChI is InChI=1S/C24H34N6O3S/c1-6-32-18-7-9-19(10-8-18)33-15-21(31)25-11-12-30-23-20(14-27-30)22(26-13-16(2)3)28-24(29-23)34-17(4)5/h7-10,14,16-17H,6,11-13,15H2,1-5H3,(H,25,31)(H,26,28,29). The molecule has 184 valence electrons. The van der Waals surface area contributed by atoms with Crippen molar-refractivity contribution < 1.29 is 14.3 Å². The Balaban J connectivity index is 1.58. The van der Waals surface area contributed by atoms with Crippen LogP contribution in [0.2, 0.25) is 0 Å². The number of anilines is 1. The Labute approximate surface area is 205 Å². The molecule has 0 spiro atoms. The van der Waals surface area contributed by atoms with E-state index in [0.29, 0.717) is 41.8 Å². The van der Waals surface area contributed by atoms with Crippen LogP contribution in [0.15, 0.2) is 35.6 Å². The van der Waals surface area contributed by atoms with Crippen molar-refractivity contribution in [2.45, 2.75) is 51.6 Å². The van der Waals surface area contributed by atoms with Gasteiger partial charge in [0, 0.05) is 18.3 Å². The third-order valence-corrected chi connectivity index (χ3v) is 5.51. The normalized spacial score (nSPS) is 11.3. The number of hydrogen-bond acceptors (Lipinski definition) is 8. The molecule has 0 unspecified atom stereocenters. The Kier molecular flexibility index (Phi) is 9.38. The highest BCUT2D eigenvalue weighted by Crippen LogP contribution is 2.26. The maximum atomic E-state index is 12.2. The van der Waals surface area contributed by atoms with E-state index < -0.39 is 0 Å². The third kappa shape index (κ3) is 7.51. The van der Waals surface area contributed by atoms with Crippen LogP contribution in [0.3, 0.4) is 0 Å². The van der Waals surface area contributed by atoms with E-state index in [1.807, 2.05) is 19.1 Å². The highest BCUT2D eigenvalue weighted by atomic mass is 32.2. The molecule has 2 aromatic heterocycles. The van der Waals surface area contributed by atoms with Gasteiger partial charge in [0.25, 0.3) is 5.91 Å². The summed E-state index contributed by atoms with van der Waals surface area (Å²) in [5.74, 6) is 2.47. The first kappa shape index (κ1) is 25.6. The smallest absolute Gasteiger partial charge is 0.258 e. The Hall–Kier alpha value is -3.01. The molecule has 9 nitrogen and oxygen atoms in total. The number of rotatable bonds is 13. The molecule has 0 aliphatic carbocycles. The molecule has 0 bridgehead atoms. The second kappa shape index (κ2) is 12.5. The van der Waals surface area contributed by atoms with Gasteiger partial charge in [0.1, 0.15) is 17.3 Å². The van der Waals surface area contributed by atoms with Crippen molar-refractivity contribution in [1.29, 1.82) is 0 Å². The fourth-order valence-corrected chi connectivity index (χ4v) is 3.80. The van der Waals surface area contributed by atoms with E-state index in [9.17, 15) is 4.79 Å². The van der Waals surface area contributed by atoms with Crippen molar-refractivity contribution in [2.75, 3.05) is 31.6 Å². The van der Waals surface area contributed by atoms with Crippen LogP contribution in [0.1, 0.15) is 34.6 Å². The lowest BCUT2D eigenvalue weighted by atomic mass is 10.2. The molecule has 0 fully saturated rings. The van der Waals surface area contributed by atoms with Gasteiger partial charge in [-0.25, -0.2) is 14.6 Å². The van der Waals surface area contributed by atoms with Gasteiger partial charge in [0.05, 0.1) is 24.7 Å². The van der Waals surface area contributed by atoms with Crippen LogP contribution in [-0.2, 0) is 11.3 Å². The molecule has 10 heteroatoms. The number of thioether (sulfide) groups is 1. The summed E-state index contributed by atoms with van der Waals surface area (Å²) in [5.41, 5.74) is 0.754. The van der Waals surface area contributed by atoms with Crippen molar-refractivity contribution in [3.63, 3.8) is 0 Å². The lowest BCUT2D eigenvalue weighted by Crippen LogP contribution is -2.31. The second-order valence-corrected chi connectivity index (χ2v) is 9.99. The summed E-state index contributed by atoms with van der Waals surface area (Å²) in [6.45, 7) is 12.7. The zero-order valence-electron chi connectivity index (χ0n) is 20.5. The summed E-state index contributed by atoms with van der Waals surface area (Å²) in [5, 5.41) is 12.7. The van der Waals surface area contributed by atoms with Crippen molar-refractivity contribution in [3.05, 3.63) is 30.5 Å². The van der Waals surface area contributed by atoms with Gasteiger partial charge >= 0.3 is 0 Å². The van der Waals surface area contributed by atoms with E-state index in [4.69, 9.17) is 19.4 Å². The molecule has 3 aromatic rings. The van der Waals surface area contributed by atoms with Crippen LogP contribution in [0.25, 0.3) is 11.0 Å². The number of aromatic nitrogens is 4. The average Bonchev–Trinajstić information content (AvgIpc) is 3.19. The van der Waals surface area contributed by atoms with Gasteiger partial charge in [0.2, 0.25) is 0 Å². The lowest BCUT2D eigenvalue weighted by molar-refractivity contribution is -0.123. The number of fused-ring (bicyclic) bond motifs is 1. The van der Waals surface area contributed by atoms with Crippen LogP contribution < -0.4 is 20.1 Å². The number of nitrogens with one attached hydrogen (secondary N) is 2. The summed E-state index contributed by atoms with van der Waals surface area (Å²) in [4.78, 5) is 21.6. The van der Waals surface area contributed by atoms with Gasteiger partial charge in [-0.1, -0.05) is 39.5 Å². The summed E-state index contributed by atoms with van der Waals surface area (Å²) in [6.07, 6.45) is 1.78. The molecule has 2 N–H and O–H groups in total. The zero-order valence-corrected chi connectivity index (χ0v) is 21.3. The van der Waals surface area contributed by atoms with E-state index in [-0.39, 0.29) is 12.5 Å². The summed E-state index contributed by atoms with van der Waals surface area (Å²) < 4.78 is 12.8. The third-order valence-electron chi connectivity index (χ3n) is 4.65. The Bertz CT molecular complexity index is 1070. The minimum Gasteiger partial charge on any atom is -0.494 e. The van der Waals surface area contributed by atoms with Gasteiger partial charge in [-0.15, -0.1) is 0 Å². The molecule has 34 heavy (non-hydrogen) atoms. The Morgan fingerprint density at radius 3 is 2.44 bits per heavy atom. The number of carbonyl (C=O) groups is 1. The highest BCUT2D eigenvalue weighted by Gasteiger charge is 2.15. The maximum absolute atomic E-state index is 12.2. The first-order valence-corrected chi connectivity index (χ1v) is 12.5. The molecule has 1 amide bonds. The molecule has 0 saturated heterocycles. The second-order valence-electron chi connectivity index (χ2n) is 8.44. The number of amides is 1. The molecule has 3 rings (SSSR count). The molecule has 0 radical (unpaired) electrons. The van der Waals surface area contributed by atoms with Crippen LogP contribution >= 0.6 is 11.8 Å². The quantitative estimate of drug-likeness (QED) is 0.276. The monoisotopic (exact) mass is 486 g/mol. The van der Waals surface area contributed by atoms with Gasteiger partial charge < -0.3 is 20.1 Å². The van der Waals surface area contributed by atoms with Crippen LogP contribution in [0.5, 0.6) is 11.5 Å². The molecule has 0 aliphatic rings. The van der Waals surface area contributed by atoms with Crippen LogP contribution in [0.4, 0.5) is 5.82 Å². The number of benzene rings is 1. The fraction of sp³-hybridized carbons (Fsp3) is 0.500. The molecular formula is C24H34N6O3S. The Morgan fingerprint density at radius 1 is 1.09 bits per heavy atom. The van der Waals surface area contributed by atoms with Crippen LogP contribution in [0, 0.1) is 5.92 Å². The van der Waals surface area contributed by atoms with Gasteiger partial charge in [0.15, 0.2) is 17.4 Å². The number of carbonyl (C=O) groups excluding carboxylic acids is 1. The summed E-state index contributed by atoms with van der Waals surface area (Å²) in [6, 6.07) is 7.20. The molecular weight excluding hydrogens is 452 g/mol. The minimum absolute atomic E-state index is 0.0611. The molecule has 2 heterocycles. The molecule has 1 aromatic carbocycles. The SMILES string of the molecule is CCOc1ccc(OCC(=O)NCCn2ncc3c(NCC(C)C)nc(SC(C)C)nc32)cc1. The van der Waals surface area contributed by atoms with Crippen molar-refractivity contribution in [2.24, 2.45) is 5.92 Å².